The molecule has 8 nitrogen and oxygen atoms in total. The van der Waals surface area contributed by atoms with Gasteiger partial charge in [0.1, 0.15) is 12.2 Å². The molecular weight excluding hydrogens is 368 g/mol. The Kier molecular flexibility index (Phi) is 5.82. The van der Waals surface area contributed by atoms with Crippen LogP contribution in [-0.4, -0.2) is 40.6 Å². The first-order valence-electron chi connectivity index (χ1n) is 8.36. The highest BCUT2D eigenvalue weighted by Crippen LogP contribution is 2.32. The van der Waals surface area contributed by atoms with E-state index in [0.717, 1.165) is 9.56 Å². The smallest absolute Gasteiger partial charge is 0.268 e. The van der Waals surface area contributed by atoms with E-state index in [1.54, 1.807) is 20.1 Å². The van der Waals surface area contributed by atoms with E-state index in [0.29, 0.717) is 29.3 Å². The van der Waals surface area contributed by atoms with Crippen LogP contribution in [-0.2, 0) is 16.1 Å². The van der Waals surface area contributed by atoms with E-state index < -0.39 is 5.56 Å². The molecule has 142 valence electrons. The Morgan fingerprint density at radius 2 is 2.26 bits per heavy atom. The minimum absolute atomic E-state index is 0.161. The van der Waals surface area contributed by atoms with Crippen LogP contribution >= 0.6 is 11.3 Å². The maximum atomic E-state index is 12.5. The summed E-state index contributed by atoms with van der Waals surface area (Å²) in [5.41, 5.74) is 1.43. The van der Waals surface area contributed by atoms with Gasteiger partial charge in [0, 0.05) is 25.3 Å². The number of ether oxygens (including phenoxy) is 1. The molecule has 0 saturated heterocycles. The minimum Gasteiger partial charge on any atom is -0.383 e. The van der Waals surface area contributed by atoms with E-state index >= 15 is 0 Å². The number of rotatable bonds is 7. The third-order valence-electron chi connectivity index (χ3n) is 3.76. The Hall–Kier alpha value is -2.78. The van der Waals surface area contributed by atoms with Crippen LogP contribution in [0.2, 0.25) is 0 Å². The van der Waals surface area contributed by atoms with Gasteiger partial charge in [-0.25, -0.2) is 4.68 Å². The fraction of sp³-hybridized carbons (Fsp3) is 0.333. The molecule has 0 fully saturated rings. The van der Waals surface area contributed by atoms with Crippen molar-refractivity contribution in [3.05, 3.63) is 45.7 Å². The zero-order valence-corrected chi connectivity index (χ0v) is 16.1. The van der Waals surface area contributed by atoms with Crippen LogP contribution in [0.25, 0.3) is 21.9 Å². The fourth-order valence-electron chi connectivity index (χ4n) is 2.63. The van der Waals surface area contributed by atoms with Gasteiger partial charge < -0.3 is 14.6 Å². The summed E-state index contributed by atoms with van der Waals surface area (Å²) in [6, 6.07) is 6.80. The molecule has 9 heteroatoms. The van der Waals surface area contributed by atoms with Crippen LogP contribution in [0.15, 0.2) is 39.0 Å². The molecule has 0 aliphatic carbocycles. The zero-order valence-electron chi connectivity index (χ0n) is 15.3. The van der Waals surface area contributed by atoms with Crippen LogP contribution < -0.4 is 10.9 Å². The second-order valence-corrected chi connectivity index (χ2v) is 7.08. The third-order valence-corrected chi connectivity index (χ3v) is 4.64. The van der Waals surface area contributed by atoms with E-state index in [4.69, 9.17) is 9.26 Å². The highest BCUT2D eigenvalue weighted by molar-refractivity contribution is 7.13. The Bertz CT molecular complexity index is 978. The van der Waals surface area contributed by atoms with Crippen molar-refractivity contribution >= 4 is 17.2 Å². The summed E-state index contributed by atoms with van der Waals surface area (Å²) in [4.78, 5) is 25.6. The van der Waals surface area contributed by atoms with Gasteiger partial charge in [0.2, 0.25) is 5.91 Å². The van der Waals surface area contributed by atoms with Gasteiger partial charge in [0.05, 0.1) is 22.7 Å². The van der Waals surface area contributed by atoms with Crippen molar-refractivity contribution in [3.63, 3.8) is 0 Å². The lowest BCUT2D eigenvalue weighted by Crippen LogP contribution is -2.40. The average Bonchev–Trinajstić information content (AvgIpc) is 3.28. The van der Waals surface area contributed by atoms with Gasteiger partial charge in [-0.15, -0.1) is 11.3 Å². The summed E-state index contributed by atoms with van der Waals surface area (Å²) in [7, 11) is 1.56. The monoisotopic (exact) mass is 388 g/mol. The lowest BCUT2D eigenvalue weighted by molar-refractivity contribution is -0.122. The number of nitrogens with zero attached hydrogens (tertiary/aromatic N) is 3. The second kappa shape index (κ2) is 8.28. The van der Waals surface area contributed by atoms with Gasteiger partial charge in [0.25, 0.3) is 5.56 Å². The summed E-state index contributed by atoms with van der Waals surface area (Å²) in [5, 5.41) is 13.0. The first kappa shape index (κ1) is 19.0. The van der Waals surface area contributed by atoms with Gasteiger partial charge in [-0.05, 0) is 25.3 Å². The lowest BCUT2D eigenvalue weighted by atomic mass is 10.1. The molecular formula is C18H20N4O4S. The molecule has 3 heterocycles. The number of hydrogen-bond acceptors (Lipinski definition) is 7. The summed E-state index contributed by atoms with van der Waals surface area (Å²) in [5.74, 6) is 0.153. The Morgan fingerprint density at radius 3 is 2.89 bits per heavy atom. The number of nitrogens with one attached hydrogen (secondary N) is 1. The van der Waals surface area contributed by atoms with Crippen LogP contribution in [0.5, 0.6) is 0 Å². The Labute approximate surface area is 159 Å². The fourth-order valence-corrected chi connectivity index (χ4v) is 3.35. The molecule has 0 bridgehead atoms. The second-order valence-electron chi connectivity index (χ2n) is 6.14. The molecule has 0 aliphatic heterocycles. The van der Waals surface area contributed by atoms with Crippen molar-refractivity contribution in [3.8, 4) is 21.9 Å². The molecule has 0 aromatic carbocycles. The summed E-state index contributed by atoms with van der Waals surface area (Å²) < 4.78 is 11.5. The molecule has 3 aromatic heterocycles. The molecule has 0 aliphatic rings. The molecule has 27 heavy (non-hydrogen) atoms. The Morgan fingerprint density at radius 1 is 1.44 bits per heavy atom. The predicted octanol–water partition coefficient (Wildman–Crippen LogP) is 2.09. The van der Waals surface area contributed by atoms with Crippen LogP contribution in [0, 0.1) is 6.92 Å². The molecule has 0 spiro atoms. The maximum Gasteiger partial charge on any atom is 0.268 e. The summed E-state index contributed by atoms with van der Waals surface area (Å²) in [6.45, 7) is 3.83. The normalized spacial score (nSPS) is 12.1. The van der Waals surface area contributed by atoms with Crippen molar-refractivity contribution < 1.29 is 14.1 Å². The van der Waals surface area contributed by atoms with E-state index in [2.05, 4.69) is 15.6 Å². The van der Waals surface area contributed by atoms with Gasteiger partial charge >= 0.3 is 0 Å². The molecule has 0 saturated carbocycles. The van der Waals surface area contributed by atoms with Crippen molar-refractivity contribution in [2.45, 2.75) is 26.4 Å². The molecule has 1 amide bonds. The van der Waals surface area contributed by atoms with E-state index in [1.807, 2.05) is 24.4 Å². The largest absolute Gasteiger partial charge is 0.383 e. The van der Waals surface area contributed by atoms with Gasteiger partial charge in [0.15, 0.2) is 5.76 Å². The molecule has 1 N–H and O–H groups in total. The van der Waals surface area contributed by atoms with Crippen LogP contribution in [0.4, 0.5) is 0 Å². The van der Waals surface area contributed by atoms with Crippen molar-refractivity contribution in [2.24, 2.45) is 0 Å². The predicted molar refractivity (Wildman–Crippen MR) is 102 cm³/mol. The minimum atomic E-state index is -0.395. The number of hydrogen-bond donors (Lipinski definition) is 1. The first-order valence-corrected chi connectivity index (χ1v) is 9.24. The molecule has 0 unspecified atom stereocenters. The highest BCUT2D eigenvalue weighted by atomic mass is 32.1. The lowest BCUT2D eigenvalue weighted by Gasteiger charge is -2.14. The number of methoxy groups -OCH3 is 1. The van der Waals surface area contributed by atoms with Gasteiger partial charge in [-0.3, -0.25) is 9.59 Å². The highest BCUT2D eigenvalue weighted by Gasteiger charge is 2.18. The number of carbonyl (C=O) groups excluding carboxylic acids is 1. The Balaban J connectivity index is 1.96. The standard InChI is InChI=1S/C18H20N4O4S/c1-11-7-14(26-21-11)13-8-17(24)22(9-16(23)19-12(2)10-25-3)20-18(13)15-5-4-6-27-15/h4-8,12H,9-10H2,1-3H3,(H,19,23)/t12-/m0/s1. The van der Waals surface area contributed by atoms with Crippen molar-refractivity contribution in [1.82, 2.24) is 20.3 Å². The summed E-state index contributed by atoms with van der Waals surface area (Å²) in [6.07, 6.45) is 0. The van der Waals surface area contributed by atoms with E-state index in [-0.39, 0.29) is 18.5 Å². The van der Waals surface area contributed by atoms with Gasteiger partial charge in [-0.1, -0.05) is 11.2 Å². The quantitative estimate of drug-likeness (QED) is 0.665. The SMILES string of the molecule is COC[C@H](C)NC(=O)Cn1nc(-c2cccs2)c(-c2cc(C)no2)cc1=O. The molecule has 3 aromatic rings. The third kappa shape index (κ3) is 4.50. The van der Waals surface area contributed by atoms with Gasteiger partial charge in [-0.2, -0.15) is 5.10 Å². The maximum absolute atomic E-state index is 12.5. The number of thiophene rings is 1. The van der Waals surface area contributed by atoms with Crippen molar-refractivity contribution in [1.29, 1.82) is 0 Å². The molecule has 3 rings (SSSR count). The number of aryl methyl sites for hydroxylation is 1. The number of amides is 1. The first-order chi connectivity index (χ1) is 13.0. The van der Waals surface area contributed by atoms with Crippen LogP contribution in [0.3, 0.4) is 0 Å². The van der Waals surface area contributed by atoms with Crippen molar-refractivity contribution in [2.75, 3.05) is 13.7 Å². The average molecular weight is 388 g/mol. The molecule has 1 atom stereocenters. The van der Waals surface area contributed by atoms with E-state index in [1.165, 1.54) is 17.4 Å². The van der Waals surface area contributed by atoms with Crippen LogP contribution in [0.1, 0.15) is 12.6 Å². The summed E-state index contributed by atoms with van der Waals surface area (Å²) >= 11 is 1.49. The number of aromatic nitrogens is 3. The zero-order chi connectivity index (χ0) is 19.4. The number of carbonyl (C=O) groups is 1. The molecule has 0 radical (unpaired) electrons. The van der Waals surface area contributed by atoms with E-state index in [9.17, 15) is 9.59 Å². The topological polar surface area (TPSA) is 99.2 Å².